The topological polar surface area (TPSA) is 34.1 Å². The average molecular weight is 274 g/mol. The first kappa shape index (κ1) is 13.9. The molecule has 0 aliphatic heterocycles. The van der Waals surface area contributed by atoms with E-state index in [9.17, 15) is 0 Å². The summed E-state index contributed by atoms with van der Waals surface area (Å²) in [7, 11) is 1.69. The van der Waals surface area contributed by atoms with E-state index in [1.54, 1.807) is 18.9 Å². The van der Waals surface area contributed by atoms with Crippen molar-refractivity contribution in [2.24, 2.45) is 0 Å². The predicted octanol–water partition coefficient (Wildman–Crippen LogP) is 3.35. The van der Waals surface area contributed by atoms with Crippen LogP contribution >= 0.6 is 11.8 Å². The van der Waals surface area contributed by atoms with Crippen molar-refractivity contribution in [3.8, 4) is 5.75 Å². The highest BCUT2D eigenvalue weighted by Gasteiger charge is 2.04. The van der Waals surface area contributed by atoms with E-state index < -0.39 is 0 Å². The van der Waals surface area contributed by atoms with Gasteiger partial charge in [0, 0.05) is 12.7 Å². The van der Waals surface area contributed by atoms with Crippen LogP contribution in [0.2, 0.25) is 0 Å². The molecule has 2 rings (SSSR count). The third kappa shape index (κ3) is 3.98. The van der Waals surface area contributed by atoms with E-state index in [1.807, 2.05) is 36.5 Å². The first-order chi connectivity index (χ1) is 9.33. The highest BCUT2D eigenvalue weighted by atomic mass is 32.2. The molecule has 1 aromatic carbocycles. The maximum Gasteiger partial charge on any atom is 0.132 e. The van der Waals surface area contributed by atoms with E-state index >= 15 is 0 Å². The van der Waals surface area contributed by atoms with Gasteiger partial charge in [0.15, 0.2) is 0 Å². The van der Waals surface area contributed by atoms with Crippen LogP contribution < -0.4 is 10.1 Å². The summed E-state index contributed by atoms with van der Waals surface area (Å²) in [6.07, 6.45) is 1.92. The molecule has 3 nitrogen and oxygen atoms in total. The summed E-state index contributed by atoms with van der Waals surface area (Å²) in [5, 5.41) is 4.26. The molecule has 1 N–H and O–H groups in total. The van der Waals surface area contributed by atoms with Crippen molar-refractivity contribution < 1.29 is 4.74 Å². The normalized spacial score (nSPS) is 10.4. The highest BCUT2D eigenvalue weighted by Crippen LogP contribution is 2.33. The Bertz CT molecular complexity index is 514. The van der Waals surface area contributed by atoms with Crippen molar-refractivity contribution in [3.05, 3.63) is 48.2 Å². The third-order valence-electron chi connectivity index (χ3n) is 2.66. The molecule has 4 heteroatoms. The van der Waals surface area contributed by atoms with E-state index in [2.05, 4.69) is 23.3 Å². The number of nitrogens with zero attached hydrogens (tertiary/aromatic N) is 1. The number of para-hydroxylation sites is 1. The number of hydrogen-bond acceptors (Lipinski definition) is 4. The molecule has 0 unspecified atom stereocenters. The molecule has 0 radical (unpaired) electrons. The Morgan fingerprint density at radius 3 is 2.74 bits per heavy atom. The Morgan fingerprint density at radius 2 is 2.05 bits per heavy atom. The molecule has 1 aromatic heterocycles. The Labute approximate surface area is 118 Å². The molecule has 0 amide bonds. The molecule has 2 aromatic rings. The molecule has 0 atom stereocenters. The molecule has 1 heterocycles. The molecule has 0 aliphatic carbocycles. The van der Waals surface area contributed by atoms with Crippen LogP contribution in [0.4, 0.5) is 0 Å². The second-order valence-electron chi connectivity index (χ2n) is 4.04. The van der Waals surface area contributed by atoms with Gasteiger partial charge in [-0.1, -0.05) is 36.9 Å². The monoisotopic (exact) mass is 274 g/mol. The quantitative estimate of drug-likeness (QED) is 0.876. The van der Waals surface area contributed by atoms with Gasteiger partial charge in [0.2, 0.25) is 0 Å². The number of nitrogens with one attached hydrogen (secondary N) is 1. The number of rotatable bonds is 6. The molecule has 19 heavy (non-hydrogen) atoms. The minimum atomic E-state index is 0.864. The molecule has 0 saturated heterocycles. The molecular weight excluding hydrogens is 256 g/mol. The van der Waals surface area contributed by atoms with Gasteiger partial charge < -0.3 is 10.1 Å². The van der Waals surface area contributed by atoms with Gasteiger partial charge in [-0.15, -0.1) is 0 Å². The van der Waals surface area contributed by atoms with Crippen LogP contribution in [0.1, 0.15) is 12.5 Å². The second kappa shape index (κ2) is 7.16. The SMILES string of the molecule is CCNCc1ccc(Sc2ccccc2OC)nc1. The van der Waals surface area contributed by atoms with Crippen LogP contribution in [0.25, 0.3) is 0 Å². The third-order valence-corrected chi connectivity index (χ3v) is 3.67. The van der Waals surface area contributed by atoms with Crippen molar-refractivity contribution in [3.63, 3.8) is 0 Å². The van der Waals surface area contributed by atoms with Gasteiger partial charge in [-0.25, -0.2) is 4.98 Å². The van der Waals surface area contributed by atoms with Crippen LogP contribution in [0.5, 0.6) is 5.75 Å². The van der Waals surface area contributed by atoms with Gasteiger partial charge in [-0.05, 0) is 30.3 Å². The lowest BCUT2D eigenvalue weighted by Crippen LogP contribution is -2.11. The highest BCUT2D eigenvalue weighted by molar-refractivity contribution is 7.99. The minimum absolute atomic E-state index is 0.864. The smallest absolute Gasteiger partial charge is 0.132 e. The summed E-state index contributed by atoms with van der Waals surface area (Å²) in [5.41, 5.74) is 1.20. The van der Waals surface area contributed by atoms with Crippen molar-refractivity contribution in [1.82, 2.24) is 10.3 Å². The van der Waals surface area contributed by atoms with Gasteiger partial charge >= 0.3 is 0 Å². The second-order valence-corrected chi connectivity index (χ2v) is 5.10. The maximum absolute atomic E-state index is 5.34. The molecule has 0 spiro atoms. The van der Waals surface area contributed by atoms with E-state index in [1.165, 1.54) is 5.56 Å². The number of hydrogen-bond donors (Lipinski definition) is 1. The van der Waals surface area contributed by atoms with Crippen LogP contribution in [0.15, 0.2) is 52.5 Å². The standard InChI is InChI=1S/C15H18N2OS/c1-3-16-10-12-8-9-15(17-11-12)19-14-7-5-4-6-13(14)18-2/h4-9,11,16H,3,10H2,1-2H3. The summed E-state index contributed by atoms with van der Waals surface area (Å²) in [6.45, 7) is 3.93. The molecule has 0 aliphatic rings. The van der Waals surface area contributed by atoms with Gasteiger partial charge in [-0.3, -0.25) is 0 Å². The lowest BCUT2D eigenvalue weighted by molar-refractivity contribution is 0.405. The van der Waals surface area contributed by atoms with Crippen LogP contribution in [-0.2, 0) is 6.54 Å². The summed E-state index contributed by atoms with van der Waals surface area (Å²) in [5.74, 6) is 0.881. The van der Waals surface area contributed by atoms with Gasteiger partial charge in [0.1, 0.15) is 10.8 Å². The average Bonchev–Trinajstić information content (AvgIpc) is 2.47. The van der Waals surface area contributed by atoms with E-state index in [4.69, 9.17) is 4.74 Å². The Kier molecular flexibility index (Phi) is 5.24. The largest absolute Gasteiger partial charge is 0.496 e. The van der Waals surface area contributed by atoms with Crippen molar-refractivity contribution >= 4 is 11.8 Å². The Balaban J connectivity index is 2.06. The number of methoxy groups -OCH3 is 1. The summed E-state index contributed by atoms with van der Waals surface area (Å²) in [6, 6.07) is 12.1. The Hall–Kier alpha value is -1.52. The first-order valence-electron chi connectivity index (χ1n) is 6.30. The molecule has 0 saturated carbocycles. The lowest BCUT2D eigenvalue weighted by Gasteiger charge is -2.07. The number of benzene rings is 1. The molecule has 0 bridgehead atoms. The minimum Gasteiger partial charge on any atom is -0.496 e. The fourth-order valence-electron chi connectivity index (χ4n) is 1.66. The van der Waals surface area contributed by atoms with Crippen molar-refractivity contribution in [2.45, 2.75) is 23.4 Å². The van der Waals surface area contributed by atoms with E-state index in [-0.39, 0.29) is 0 Å². The summed E-state index contributed by atoms with van der Waals surface area (Å²) < 4.78 is 5.34. The fraction of sp³-hybridized carbons (Fsp3) is 0.267. The maximum atomic E-state index is 5.34. The zero-order chi connectivity index (χ0) is 13.5. The predicted molar refractivity (Wildman–Crippen MR) is 78.7 cm³/mol. The molecule has 0 fully saturated rings. The van der Waals surface area contributed by atoms with Crippen LogP contribution in [-0.4, -0.2) is 18.6 Å². The van der Waals surface area contributed by atoms with E-state index in [0.717, 1.165) is 28.8 Å². The Morgan fingerprint density at radius 1 is 1.21 bits per heavy atom. The van der Waals surface area contributed by atoms with E-state index in [0.29, 0.717) is 0 Å². The first-order valence-corrected chi connectivity index (χ1v) is 7.11. The van der Waals surface area contributed by atoms with Crippen molar-refractivity contribution in [2.75, 3.05) is 13.7 Å². The van der Waals surface area contributed by atoms with Crippen LogP contribution in [0.3, 0.4) is 0 Å². The molecule has 100 valence electrons. The molecular formula is C15H18N2OS. The summed E-state index contributed by atoms with van der Waals surface area (Å²) in [4.78, 5) is 5.55. The number of pyridine rings is 1. The van der Waals surface area contributed by atoms with Crippen molar-refractivity contribution in [1.29, 1.82) is 0 Å². The zero-order valence-corrected chi connectivity index (χ0v) is 12.0. The number of aromatic nitrogens is 1. The van der Waals surface area contributed by atoms with Crippen LogP contribution in [0, 0.1) is 0 Å². The summed E-state index contributed by atoms with van der Waals surface area (Å²) >= 11 is 1.61. The number of ether oxygens (including phenoxy) is 1. The zero-order valence-electron chi connectivity index (χ0n) is 11.2. The fourth-order valence-corrected chi connectivity index (χ4v) is 2.53. The lowest BCUT2D eigenvalue weighted by atomic mass is 10.3. The van der Waals surface area contributed by atoms with Gasteiger partial charge in [0.05, 0.1) is 12.0 Å². The van der Waals surface area contributed by atoms with Gasteiger partial charge in [-0.2, -0.15) is 0 Å². The van der Waals surface area contributed by atoms with Gasteiger partial charge in [0.25, 0.3) is 0 Å².